The Bertz CT molecular complexity index is 880. The number of aromatic nitrogens is 1. The van der Waals surface area contributed by atoms with Crippen molar-refractivity contribution in [1.29, 1.82) is 0 Å². The molecule has 27 heavy (non-hydrogen) atoms. The van der Waals surface area contributed by atoms with Crippen molar-refractivity contribution in [3.63, 3.8) is 0 Å². The standard InChI is InChI=1S/C21H25N3O3/c1-13(16-11-22-17-10-6-5-9-15(16)17)19-20(26)24-21(27-19)23-12-18(25)14-7-3-2-4-8-14/h5-6,9-11,13-14,19,22H,2-4,7-8,12H2,1H3,(H,23,24,26)/t13-,19+/m1/s1. The lowest BCUT2D eigenvalue weighted by Crippen LogP contribution is -2.28. The van der Waals surface area contributed by atoms with E-state index in [2.05, 4.69) is 15.3 Å². The van der Waals surface area contributed by atoms with Crippen LogP contribution in [0.25, 0.3) is 10.9 Å². The summed E-state index contributed by atoms with van der Waals surface area (Å²) >= 11 is 0. The summed E-state index contributed by atoms with van der Waals surface area (Å²) in [5.74, 6) is -0.0890. The molecule has 1 aromatic heterocycles. The van der Waals surface area contributed by atoms with E-state index in [0.717, 1.165) is 42.1 Å². The Hall–Kier alpha value is -2.63. The van der Waals surface area contributed by atoms with Gasteiger partial charge in [-0.3, -0.25) is 14.9 Å². The number of para-hydroxylation sites is 1. The quantitative estimate of drug-likeness (QED) is 0.850. The Labute approximate surface area is 158 Å². The van der Waals surface area contributed by atoms with Crippen molar-refractivity contribution in [2.45, 2.75) is 51.0 Å². The van der Waals surface area contributed by atoms with E-state index in [1.54, 1.807) is 0 Å². The third-order valence-corrected chi connectivity index (χ3v) is 5.73. The highest BCUT2D eigenvalue weighted by atomic mass is 16.5. The van der Waals surface area contributed by atoms with E-state index in [1.807, 2.05) is 37.4 Å². The number of amides is 1. The molecule has 2 N–H and O–H groups in total. The molecule has 6 nitrogen and oxygen atoms in total. The molecular formula is C21H25N3O3. The highest BCUT2D eigenvalue weighted by Gasteiger charge is 2.37. The summed E-state index contributed by atoms with van der Waals surface area (Å²) in [6, 6.07) is 8.15. The van der Waals surface area contributed by atoms with Crippen LogP contribution in [0.3, 0.4) is 0 Å². The number of carbonyl (C=O) groups excluding carboxylic acids is 2. The highest BCUT2D eigenvalue weighted by molar-refractivity contribution is 6.03. The highest BCUT2D eigenvalue weighted by Crippen LogP contribution is 2.30. The lowest BCUT2D eigenvalue weighted by molar-refractivity contribution is -0.124. The molecule has 1 aliphatic heterocycles. The Balaban J connectivity index is 1.43. The number of benzene rings is 1. The molecular weight excluding hydrogens is 342 g/mol. The molecule has 2 aromatic rings. The van der Waals surface area contributed by atoms with Gasteiger partial charge in [0.2, 0.25) is 0 Å². The number of Topliss-reactive ketones (excluding diaryl/α,β-unsaturated/α-hetero) is 1. The molecule has 1 saturated carbocycles. The van der Waals surface area contributed by atoms with Gasteiger partial charge in [-0.1, -0.05) is 44.4 Å². The second-order valence-corrected chi connectivity index (χ2v) is 7.53. The number of amidine groups is 1. The summed E-state index contributed by atoms with van der Waals surface area (Å²) < 4.78 is 5.77. The number of H-pyrrole nitrogens is 1. The van der Waals surface area contributed by atoms with Gasteiger partial charge in [-0.15, -0.1) is 0 Å². The van der Waals surface area contributed by atoms with Crippen molar-refractivity contribution >= 4 is 28.6 Å². The number of hydrogen-bond donors (Lipinski definition) is 2. The monoisotopic (exact) mass is 367 g/mol. The molecule has 2 fully saturated rings. The maximum atomic E-state index is 12.4. The second-order valence-electron chi connectivity index (χ2n) is 7.53. The Kier molecular flexibility index (Phi) is 4.97. The maximum Gasteiger partial charge on any atom is 0.292 e. The molecule has 1 amide bonds. The van der Waals surface area contributed by atoms with Crippen molar-refractivity contribution in [2.75, 3.05) is 6.54 Å². The Morgan fingerprint density at radius 3 is 2.85 bits per heavy atom. The fraction of sp³-hybridized carbons (Fsp3) is 0.476. The summed E-state index contributed by atoms with van der Waals surface area (Å²) in [7, 11) is 0. The number of fused-ring (bicyclic) bond motifs is 1. The van der Waals surface area contributed by atoms with Crippen LogP contribution in [0.5, 0.6) is 0 Å². The molecule has 0 bridgehead atoms. The maximum absolute atomic E-state index is 12.4. The van der Waals surface area contributed by atoms with Crippen LogP contribution < -0.4 is 5.32 Å². The van der Waals surface area contributed by atoms with Crippen LogP contribution in [0.4, 0.5) is 0 Å². The van der Waals surface area contributed by atoms with E-state index in [1.165, 1.54) is 6.42 Å². The van der Waals surface area contributed by atoms with E-state index in [4.69, 9.17) is 4.74 Å². The van der Waals surface area contributed by atoms with Gasteiger partial charge in [0.15, 0.2) is 11.9 Å². The van der Waals surface area contributed by atoms with E-state index in [-0.39, 0.29) is 36.1 Å². The zero-order valence-corrected chi connectivity index (χ0v) is 15.5. The van der Waals surface area contributed by atoms with E-state index >= 15 is 0 Å². The van der Waals surface area contributed by atoms with Gasteiger partial charge in [-0.2, -0.15) is 0 Å². The normalized spacial score (nSPS) is 23.4. The third kappa shape index (κ3) is 3.61. The first-order chi connectivity index (χ1) is 13.1. The molecule has 1 aromatic carbocycles. The number of ether oxygens (including phenoxy) is 1. The largest absolute Gasteiger partial charge is 0.451 e. The number of hydrogen-bond acceptors (Lipinski definition) is 4. The fourth-order valence-corrected chi connectivity index (χ4v) is 4.12. The van der Waals surface area contributed by atoms with Crippen LogP contribution in [0.15, 0.2) is 35.5 Å². The number of ketones is 1. The predicted octanol–water partition coefficient (Wildman–Crippen LogP) is 3.29. The van der Waals surface area contributed by atoms with Crippen molar-refractivity contribution < 1.29 is 14.3 Å². The van der Waals surface area contributed by atoms with Gasteiger partial charge in [-0.05, 0) is 24.5 Å². The molecule has 1 saturated heterocycles. The average molecular weight is 367 g/mol. The van der Waals surface area contributed by atoms with Crippen LogP contribution in [0, 0.1) is 5.92 Å². The van der Waals surface area contributed by atoms with Crippen LogP contribution >= 0.6 is 0 Å². The van der Waals surface area contributed by atoms with Crippen LogP contribution in [0.1, 0.15) is 50.5 Å². The molecule has 1 aliphatic carbocycles. The number of carbonyl (C=O) groups is 2. The summed E-state index contributed by atoms with van der Waals surface area (Å²) in [4.78, 5) is 32.2. The summed E-state index contributed by atoms with van der Waals surface area (Å²) in [6.45, 7) is 2.05. The van der Waals surface area contributed by atoms with Crippen LogP contribution in [0.2, 0.25) is 0 Å². The van der Waals surface area contributed by atoms with Gasteiger partial charge in [0, 0.05) is 28.9 Å². The minimum Gasteiger partial charge on any atom is -0.451 e. The summed E-state index contributed by atoms with van der Waals surface area (Å²) in [5.41, 5.74) is 2.06. The van der Waals surface area contributed by atoms with Crippen molar-refractivity contribution in [2.24, 2.45) is 10.9 Å². The van der Waals surface area contributed by atoms with Crippen molar-refractivity contribution in [3.8, 4) is 0 Å². The molecule has 2 heterocycles. The van der Waals surface area contributed by atoms with Gasteiger partial charge in [-0.25, -0.2) is 4.99 Å². The zero-order chi connectivity index (χ0) is 18.8. The molecule has 0 unspecified atom stereocenters. The van der Waals surface area contributed by atoms with E-state index in [9.17, 15) is 9.59 Å². The molecule has 0 spiro atoms. The lowest BCUT2D eigenvalue weighted by atomic mass is 9.86. The lowest BCUT2D eigenvalue weighted by Gasteiger charge is -2.19. The van der Waals surface area contributed by atoms with Gasteiger partial charge < -0.3 is 9.72 Å². The topological polar surface area (TPSA) is 83.5 Å². The van der Waals surface area contributed by atoms with Crippen molar-refractivity contribution in [3.05, 3.63) is 36.0 Å². The Morgan fingerprint density at radius 1 is 1.26 bits per heavy atom. The molecule has 6 heteroatoms. The number of nitrogens with one attached hydrogen (secondary N) is 2. The summed E-state index contributed by atoms with van der Waals surface area (Å²) in [5, 5.41) is 3.76. The zero-order valence-electron chi connectivity index (χ0n) is 15.5. The van der Waals surface area contributed by atoms with E-state index < -0.39 is 6.10 Å². The first-order valence-electron chi connectivity index (χ1n) is 9.74. The summed E-state index contributed by atoms with van der Waals surface area (Å²) in [6.07, 6.45) is 6.63. The SMILES string of the molecule is C[C@H](c1c[nH]c2ccccc12)[C@@H]1OC(=NCC(=O)C2CCCCC2)NC1=O. The Morgan fingerprint density at radius 2 is 2.04 bits per heavy atom. The van der Waals surface area contributed by atoms with E-state index in [0.29, 0.717) is 0 Å². The first-order valence-corrected chi connectivity index (χ1v) is 9.74. The van der Waals surface area contributed by atoms with Gasteiger partial charge in [0.1, 0.15) is 6.54 Å². The molecule has 4 rings (SSSR count). The van der Waals surface area contributed by atoms with Crippen LogP contribution in [-0.2, 0) is 14.3 Å². The minimum absolute atomic E-state index is 0.0778. The number of rotatable bonds is 5. The minimum atomic E-state index is -0.646. The van der Waals surface area contributed by atoms with Gasteiger partial charge in [0.05, 0.1) is 0 Å². The third-order valence-electron chi connectivity index (χ3n) is 5.73. The van der Waals surface area contributed by atoms with Gasteiger partial charge in [0.25, 0.3) is 11.9 Å². The molecule has 2 aliphatic rings. The van der Waals surface area contributed by atoms with Crippen LogP contribution in [-0.4, -0.2) is 35.3 Å². The fourth-order valence-electron chi connectivity index (χ4n) is 4.12. The number of aliphatic imine (C=N–C) groups is 1. The predicted molar refractivity (Wildman–Crippen MR) is 104 cm³/mol. The number of aromatic amines is 1. The first kappa shape index (κ1) is 17.8. The van der Waals surface area contributed by atoms with Gasteiger partial charge >= 0.3 is 0 Å². The van der Waals surface area contributed by atoms with Crippen molar-refractivity contribution in [1.82, 2.24) is 10.3 Å². The molecule has 0 radical (unpaired) electrons. The molecule has 142 valence electrons. The smallest absolute Gasteiger partial charge is 0.292 e. The number of nitrogens with zero attached hydrogens (tertiary/aromatic N) is 1. The second kappa shape index (κ2) is 7.55. The average Bonchev–Trinajstić information content (AvgIpc) is 3.30. The molecule has 2 atom stereocenters.